The molecule has 6 nitrogen and oxygen atoms in total. The fourth-order valence-electron chi connectivity index (χ4n) is 3.33. The van der Waals surface area contributed by atoms with Gasteiger partial charge in [0.1, 0.15) is 0 Å². The van der Waals surface area contributed by atoms with Crippen LogP contribution >= 0.6 is 0 Å². The number of rotatable bonds is 4. The molecular weight excluding hydrogens is 342 g/mol. The lowest BCUT2D eigenvalue weighted by Crippen LogP contribution is -2.53. The summed E-state index contributed by atoms with van der Waals surface area (Å²) in [6.45, 7) is -0.110. The van der Waals surface area contributed by atoms with Crippen LogP contribution in [0.1, 0.15) is 31.1 Å². The number of benzene rings is 3. The Bertz CT molecular complexity index is 1010. The van der Waals surface area contributed by atoms with Gasteiger partial charge in [0.25, 0.3) is 17.7 Å². The third kappa shape index (κ3) is 2.96. The van der Waals surface area contributed by atoms with Crippen molar-refractivity contribution in [3.05, 3.63) is 83.4 Å². The van der Waals surface area contributed by atoms with E-state index in [2.05, 4.69) is 5.32 Å². The van der Waals surface area contributed by atoms with Crippen LogP contribution in [0.25, 0.3) is 10.8 Å². The Kier molecular flexibility index (Phi) is 4.18. The fraction of sp³-hybridized carbons (Fsp3) is 0.0952. The number of hydrogen-bond acceptors (Lipinski definition) is 4. The Labute approximate surface area is 155 Å². The summed E-state index contributed by atoms with van der Waals surface area (Å²) in [7, 11) is 0. The SMILES string of the molecule is NC(CN1C(=O)c2cccc3cccc(c23)C1=O)NC(=O)c1ccccc1. The molecule has 3 aromatic rings. The molecule has 134 valence electrons. The average Bonchev–Trinajstić information content (AvgIpc) is 2.70. The predicted octanol–water partition coefficient (Wildman–Crippen LogP) is 2.15. The normalized spacial score (nSPS) is 14.3. The molecule has 3 amide bonds. The van der Waals surface area contributed by atoms with Gasteiger partial charge in [0.2, 0.25) is 0 Å². The van der Waals surface area contributed by atoms with Crippen molar-refractivity contribution in [2.45, 2.75) is 6.17 Å². The molecule has 1 atom stereocenters. The van der Waals surface area contributed by atoms with Gasteiger partial charge in [0.05, 0.1) is 12.7 Å². The topological polar surface area (TPSA) is 92.5 Å². The van der Waals surface area contributed by atoms with E-state index in [9.17, 15) is 14.4 Å². The smallest absolute Gasteiger partial charge is 0.261 e. The summed E-state index contributed by atoms with van der Waals surface area (Å²) in [5, 5.41) is 4.13. The van der Waals surface area contributed by atoms with E-state index < -0.39 is 18.0 Å². The van der Waals surface area contributed by atoms with Crippen LogP contribution in [0.2, 0.25) is 0 Å². The van der Waals surface area contributed by atoms with Crippen LogP contribution in [0.3, 0.4) is 0 Å². The first-order chi connectivity index (χ1) is 13.1. The third-order valence-corrected chi connectivity index (χ3v) is 4.59. The minimum atomic E-state index is -0.880. The zero-order valence-electron chi connectivity index (χ0n) is 14.4. The molecule has 6 heteroatoms. The molecule has 0 radical (unpaired) electrons. The van der Waals surface area contributed by atoms with Gasteiger partial charge >= 0.3 is 0 Å². The van der Waals surface area contributed by atoms with E-state index in [-0.39, 0.29) is 12.5 Å². The van der Waals surface area contributed by atoms with Crippen molar-refractivity contribution in [2.75, 3.05) is 6.54 Å². The maximum Gasteiger partial charge on any atom is 0.261 e. The standard InChI is InChI=1S/C21H17N3O3/c22-17(23-19(25)14-6-2-1-3-7-14)12-24-20(26)15-10-4-8-13-9-5-11-16(18(13)15)21(24)27/h1-11,17H,12,22H2,(H,23,25). The highest BCUT2D eigenvalue weighted by atomic mass is 16.2. The number of nitrogens with zero attached hydrogens (tertiary/aromatic N) is 1. The second-order valence-corrected chi connectivity index (χ2v) is 6.38. The minimum absolute atomic E-state index is 0.110. The number of amides is 3. The summed E-state index contributed by atoms with van der Waals surface area (Å²) in [5.74, 6) is -1.18. The number of imide groups is 1. The molecule has 0 aromatic heterocycles. The van der Waals surface area contributed by atoms with Crippen LogP contribution in [0, 0.1) is 0 Å². The van der Waals surface area contributed by atoms with Crippen LogP contribution in [-0.2, 0) is 0 Å². The molecule has 0 aliphatic carbocycles. The lowest BCUT2D eigenvalue weighted by atomic mass is 9.94. The van der Waals surface area contributed by atoms with Crippen molar-refractivity contribution in [3.63, 3.8) is 0 Å². The van der Waals surface area contributed by atoms with E-state index in [1.165, 1.54) is 0 Å². The molecule has 0 spiro atoms. The van der Waals surface area contributed by atoms with Gasteiger partial charge < -0.3 is 11.1 Å². The van der Waals surface area contributed by atoms with Crippen LogP contribution in [0.5, 0.6) is 0 Å². The maximum absolute atomic E-state index is 12.8. The highest BCUT2D eigenvalue weighted by molar-refractivity contribution is 6.25. The number of nitrogens with two attached hydrogens (primary N) is 1. The maximum atomic E-state index is 12.8. The monoisotopic (exact) mass is 359 g/mol. The molecule has 3 aromatic carbocycles. The van der Waals surface area contributed by atoms with Crippen molar-refractivity contribution in [2.24, 2.45) is 5.73 Å². The van der Waals surface area contributed by atoms with E-state index in [1.807, 2.05) is 12.1 Å². The van der Waals surface area contributed by atoms with Gasteiger partial charge in [-0.05, 0) is 29.7 Å². The van der Waals surface area contributed by atoms with Crippen molar-refractivity contribution in [1.82, 2.24) is 10.2 Å². The lowest BCUT2D eigenvalue weighted by molar-refractivity contribution is 0.0587. The van der Waals surface area contributed by atoms with Gasteiger partial charge in [-0.25, -0.2) is 0 Å². The predicted molar refractivity (Wildman–Crippen MR) is 101 cm³/mol. The van der Waals surface area contributed by atoms with Gasteiger partial charge in [0.15, 0.2) is 0 Å². The third-order valence-electron chi connectivity index (χ3n) is 4.59. The summed E-state index contributed by atoms with van der Waals surface area (Å²) in [5.41, 5.74) is 7.39. The number of nitrogens with one attached hydrogen (secondary N) is 1. The summed E-state index contributed by atoms with van der Waals surface area (Å²) >= 11 is 0. The second kappa shape index (κ2) is 6.66. The molecule has 0 fully saturated rings. The fourth-order valence-corrected chi connectivity index (χ4v) is 3.33. The van der Waals surface area contributed by atoms with Crippen molar-refractivity contribution in [1.29, 1.82) is 0 Å². The molecule has 1 heterocycles. The molecule has 0 bridgehead atoms. The quantitative estimate of drug-likeness (QED) is 0.551. The van der Waals surface area contributed by atoms with Gasteiger partial charge in [-0.2, -0.15) is 0 Å². The summed E-state index contributed by atoms with van der Waals surface area (Å²) in [6, 6.07) is 19.3. The zero-order chi connectivity index (χ0) is 19.0. The molecule has 0 saturated heterocycles. The molecule has 1 unspecified atom stereocenters. The molecular formula is C21H17N3O3. The lowest BCUT2D eigenvalue weighted by Gasteiger charge is -2.29. The van der Waals surface area contributed by atoms with Gasteiger partial charge in [0, 0.05) is 22.1 Å². The van der Waals surface area contributed by atoms with Gasteiger partial charge in [-0.3, -0.25) is 19.3 Å². The van der Waals surface area contributed by atoms with E-state index in [0.717, 1.165) is 10.3 Å². The average molecular weight is 359 g/mol. The van der Waals surface area contributed by atoms with E-state index in [4.69, 9.17) is 5.73 Å². The Hall–Kier alpha value is -3.51. The molecule has 1 aliphatic heterocycles. The summed E-state index contributed by atoms with van der Waals surface area (Å²) < 4.78 is 0. The van der Waals surface area contributed by atoms with Crippen LogP contribution in [0.15, 0.2) is 66.7 Å². The molecule has 0 saturated carbocycles. The second-order valence-electron chi connectivity index (χ2n) is 6.38. The van der Waals surface area contributed by atoms with Crippen LogP contribution < -0.4 is 11.1 Å². The van der Waals surface area contributed by atoms with Crippen LogP contribution in [-0.4, -0.2) is 35.3 Å². The van der Waals surface area contributed by atoms with Crippen molar-refractivity contribution >= 4 is 28.5 Å². The number of carbonyl (C=O) groups excluding carboxylic acids is 3. The zero-order valence-corrected chi connectivity index (χ0v) is 14.4. The first kappa shape index (κ1) is 16.9. The Morgan fingerprint density at radius 2 is 1.48 bits per heavy atom. The number of hydrogen-bond donors (Lipinski definition) is 2. The van der Waals surface area contributed by atoms with E-state index in [0.29, 0.717) is 22.1 Å². The Balaban J connectivity index is 1.57. The summed E-state index contributed by atoms with van der Waals surface area (Å²) in [6.07, 6.45) is -0.880. The van der Waals surface area contributed by atoms with E-state index in [1.54, 1.807) is 54.6 Å². The summed E-state index contributed by atoms with van der Waals surface area (Å²) in [4.78, 5) is 39.0. The van der Waals surface area contributed by atoms with Crippen molar-refractivity contribution in [3.8, 4) is 0 Å². The number of carbonyl (C=O) groups is 3. The largest absolute Gasteiger partial charge is 0.335 e. The van der Waals surface area contributed by atoms with Crippen LogP contribution in [0.4, 0.5) is 0 Å². The molecule has 3 N–H and O–H groups in total. The first-order valence-electron chi connectivity index (χ1n) is 8.55. The molecule has 27 heavy (non-hydrogen) atoms. The Morgan fingerprint density at radius 3 is 2.07 bits per heavy atom. The van der Waals surface area contributed by atoms with Crippen molar-refractivity contribution < 1.29 is 14.4 Å². The van der Waals surface area contributed by atoms with Gasteiger partial charge in [-0.1, -0.05) is 42.5 Å². The molecule has 4 rings (SSSR count). The van der Waals surface area contributed by atoms with E-state index >= 15 is 0 Å². The van der Waals surface area contributed by atoms with Gasteiger partial charge in [-0.15, -0.1) is 0 Å². The Morgan fingerprint density at radius 1 is 0.889 bits per heavy atom. The first-order valence-corrected chi connectivity index (χ1v) is 8.55. The minimum Gasteiger partial charge on any atom is -0.335 e. The molecule has 1 aliphatic rings. The highest BCUT2D eigenvalue weighted by Crippen LogP contribution is 2.29. The highest BCUT2D eigenvalue weighted by Gasteiger charge is 2.33.